The Bertz CT molecular complexity index is 954. The van der Waals surface area contributed by atoms with Gasteiger partial charge in [-0.2, -0.15) is 0 Å². The molecule has 3 saturated heterocycles. The molecule has 0 bridgehead atoms. The summed E-state index contributed by atoms with van der Waals surface area (Å²) in [6.45, 7) is 4.40. The lowest BCUT2D eigenvalue weighted by atomic mass is 9.64. The fraction of sp³-hybridized carbons (Fsp3) is 0.758. The number of rotatable bonds is 8. The molecule has 1 aliphatic carbocycles. The number of unbranched alkanes of at least 4 members (excludes halogenated alkanes) is 1. The van der Waals surface area contributed by atoms with E-state index in [-0.39, 0.29) is 29.1 Å². The summed E-state index contributed by atoms with van der Waals surface area (Å²) in [6, 6.07) is 6.26. The van der Waals surface area contributed by atoms with Crippen LogP contribution in [0.25, 0.3) is 0 Å². The van der Waals surface area contributed by atoms with E-state index in [1.807, 2.05) is 4.90 Å². The van der Waals surface area contributed by atoms with Crippen LogP contribution in [-0.4, -0.2) is 61.5 Å². The lowest BCUT2D eigenvalue weighted by molar-refractivity contribution is -0.123. The third-order valence-electron chi connectivity index (χ3n) is 10.6. The smallest absolute Gasteiger partial charge is 0.253 e. The standard InChI is InChI=1S/C33H51FN4O2/c34-28-14-12-26(13-15-28)32(40)38-21-17-25(18-22-38)9-7-8-19-36-31(39)29-23-33(24-35-20-16-30(33)37-29)27-10-5-3-1-2-4-6-11-27/h12-15,25,27,29-30,35,37H,1-11,16-24H2,(H,36,39). The second-order valence-corrected chi connectivity index (χ2v) is 13.1. The second-order valence-electron chi connectivity index (χ2n) is 13.1. The molecule has 4 aliphatic rings. The Kier molecular flexibility index (Phi) is 10.5. The predicted molar refractivity (Wildman–Crippen MR) is 158 cm³/mol. The maximum atomic E-state index is 13.2. The molecule has 40 heavy (non-hydrogen) atoms. The Morgan fingerprint density at radius 3 is 2.35 bits per heavy atom. The van der Waals surface area contributed by atoms with Gasteiger partial charge >= 0.3 is 0 Å². The van der Waals surface area contributed by atoms with Crippen LogP contribution in [0.4, 0.5) is 4.39 Å². The van der Waals surface area contributed by atoms with Crippen molar-refractivity contribution >= 4 is 11.8 Å². The summed E-state index contributed by atoms with van der Waals surface area (Å²) in [6.07, 6.45) is 18.3. The number of piperidine rings is 2. The van der Waals surface area contributed by atoms with Crippen molar-refractivity contribution in [3.05, 3.63) is 35.6 Å². The van der Waals surface area contributed by atoms with Crippen LogP contribution < -0.4 is 16.0 Å². The molecule has 7 heteroatoms. The molecule has 4 fully saturated rings. The SMILES string of the molecule is O=C(NCCCCC1CCN(C(=O)c2ccc(F)cc2)CC1)C1CC2(C3CCCCCCCC3)CNCCC2N1. The molecule has 0 radical (unpaired) electrons. The Labute approximate surface area is 240 Å². The average Bonchev–Trinajstić information content (AvgIpc) is 3.44. The van der Waals surface area contributed by atoms with Gasteiger partial charge in [-0.05, 0) is 87.6 Å². The molecule has 6 nitrogen and oxygen atoms in total. The van der Waals surface area contributed by atoms with Gasteiger partial charge in [0.2, 0.25) is 5.91 Å². The number of fused-ring (bicyclic) bond motifs is 1. The van der Waals surface area contributed by atoms with Crippen LogP contribution in [-0.2, 0) is 4.79 Å². The van der Waals surface area contributed by atoms with Crippen molar-refractivity contribution in [2.24, 2.45) is 17.3 Å². The molecule has 222 valence electrons. The van der Waals surface area contributed by atoms with Crippen molar-refractivity contribution in [1.29, 1.82) is 0 Å². The summed E-state index contributed by atoms with van der Waals surface area (Å²) in [7, 11) is 0. The first-order valence-corrected chi connectivity index (χ1v) is 16.3. The fourth-order valence-electron chi connectivity index (χ4n) is 8.19. The number of nitrogens with one attached hydrogen (secondary N) is 3. The van der Waals surface area contributed by atoms with Crippen LogP contribution >= 0.6 is 0 Å². The van der Waals surface area contributed by atoms with Crippen LogP contribution in [0, 0.1) is 23.1 Å². The monoisotopic (exact) mass is 554 g/mol. The molecule has 1 aromatic rings. The van der Waals surface area contributed by atoms with E-state index in [4.69, 9.17) is 0 Å². The molecule has 5 rings (SSSR count). The van der Waals surface area contributed by atoms with Crippen molar-refractivity contribution in [3.63, 3.8) is 0 Å². The van der Waals surface area contributed by atoms with Crippen molar-refractivity contribution in [2.75, 3.05) is 32.7 Å². The summed E-state index contributed by atoms with van der Waals surface area (Å²) in [4.78, 5) is 27.8. The minimum absolute atomic E-state index is 0.00382. The van der Waals surface area contributed by atoms with Gasteiger partial charge < -0.3 is 20.9 Å². The Balaban J connectivity index is 1.01. The van der Waals surface area contributed by atoms with Crippen molar-refractivity contribution in [3.8, 4) is 0 Å². The zero-order valence-corrected chi connectivity index (χ0v) is 24.4. The van der Waals surface area contributed by atoms with Crippen LogP contribution in [0.2, 0.25) is 0 Å². The summed E-state index contributed by atoms with van der Waals surface area (Å²) >= 11 is 0. The van der Waals surface area contributed by atoms with Gasteiger partial charge in [0.15, 0.2) is 0 Å². The van der Waals surface area contributed by atoms with Gasteiger partial charge in [0, 0.05) is 43.2 Å². The summed E-state index contributed by atoms with van der Waals surface area (Å²) in [5.41, 5.74) is 0.797. The molecule has 1 saturated carbocycles. The molecule has 3 aliphatic heterocycles. The molecule has 3 atom stereocenters. The quantitative estimate of drug-likeness (QED) is 0.375. The maximum absolute atomic E-state index is 13.2. The van der Waals surface area contributed by atoms with Gasteiger partial charge in [-0.3, -0.25) is 9.59 Å². The van der Waals surface area contributed by atoms with Gasteiger partial charge in [-0.25, -0.2) is 4.39 Å². The second kappa shape index (κ2) is 14.3. The number of carbonyl (C=O) groups excluding carboxylic acids is 2. The number of halogens is 1. The lowest BCUT2D eigenvalue weighted by Crippen LogP contribution is -2.54. The third kappa shape index (κ3) is 7.25. The first kappa shape index (κ1) is 29.5. The number of amides is 2. The predicted octanol–water partition coefficient (Wildman–Crippen LogP) is 5.43. The number of likely N-dealkylation sites (tertiary alicyclic amines) is 1. The highest BCUT2D eigenvalue weighted by atomic mass is 19.1. The van der Waals surface area contributed by atoms with Crippen LogP contribution in [0.3, 0.4) is 0 Å². The van der Waals surface area contributed by atoms with E-state index in [9.17, 15) is 14.0 Å². The van der Waals surface area contributed by atoms with Gasteiger partial charge in [0.05, 0.1) is 6.04 Å². The minimum Gasteiger partial charge on any atom is -0.355 e. The zero-order chi connectivity index (χ0) is 27.8. The third-order valence-corrected chi connectivity index (χ3v) is 10.6. The van der Waals surface area contributed by atoms with E-state index in [2.05, 4.69) is 16.0 Å². The van der Waals surface area contributed by atoms with Crippen LogP contribution in [0.5, 0.6) is 0 Å². The van der Waals surface area contributed by atoms with Gasteiger partial charge in [-0.15, -0.1) is 0 Å². The molecule has 2 amide bonds. The normalized spacial score (nSPS) is 28.8. The summed E-state index contributed by atoms with van der Waals surface area (Å²) in [5.74, 6) is 1.25. The summed E-state index contributed by atoms with van der Waals surface area (Å²) in [5, 5.41) is 10.8. The van der Waals surface area contributed by atoms with Crippen molar-refractivity contribution in [2.45, 2.75) is 108 Å². The topological polar surface area (TPSA) is 73.5 Å². The van der Waals surface area contributed by atoms with Gasteiger partial charge in [0.1, 0.15) is 5.82 Å². The lowest BCUT2D eigenvalue weighted by Gasteiger charge is -2.45. The van der Waals surface area contributed by atoms with Crippen molar-refractivity contribution in [1.82, 2.24) is 20.9 Å². The number of nitrogens with zero attached hydrogens (tertiary/aromatic N) is 1. The van der Waals surface area contributed by atoms with Crippen LogP contribution in [0.15, 0.2) is 24.3 Å². The molecular weight excluding hydrogens is 503 g/mol. The zero-order valence-electron chi connectivity index (χ0n) is 24.4. The minimum atomic E-state index is -0.314. The van der Waals surface area contributed by atoms with E-state index >= 15 is 0 Å². The van der Waals surface area contributed by atoms with Gasteiger partial charge in [0.25, 0.3) is 5.91 Å². The van der Waals surface area contributed by atoms with E-state index in [1.54, 1.807) is 12.1 Å². The molecule has 0 aromatic heterocycles. The highest BCUT2D eigenvalue weighted by Gasteiger charge is 2.53. The number of hydrogen-bond donors (Lipinski definition) is 3. The Morgan fingerprint density at radius 1 is 0.925 bits per heavy atom. The van der Waals surface area contributed by atoms with E-state index in [1.165, 1.54) is 63.5 Å². The number of carbonyl (C=O) groups is 2. The molecule has 3 N–H and O–H groups in total. The van der Waals surface area contributed by atoms with E-state index in [0.29, 0.717) is 17.5 Å². The van der Waals surface area contributed by atoms with Crippen LogP contribution in [0.1, 0.15) is 107 Å². The summed E-state index contributed by atoms with van der Waals surface area (Å²) < 4.78 is 13.2. The highest BCUT2D eigenvalue weighted by molar-refractivity contribution is 5.94. The molecule has 3 heterocycles. The number of benzene rings is 1. The Hall–Kier alpha value is -1.99. The fourth-order valence-corrected chi connectivity index (χ4v) is 8.19. The highest BCUT2D eigenvalue weighted by Crippen LogP contribution is 2.48. The number of hydrogen-bond acceptors (Lipinski definition) is 4. The Morgan fingerprint density at radius 2 is 1.62 bits per heavy atom. The van der Waals surface area contributed by atoms with E-state index in [0.717, 1.165) is 83.6 Å². The molecular formula is C33H51FN4O2. The molecule has 3 unspecified atom stereocenters. The first-order chi connectivity index (χ1) is 19.5. The average molecular weight is 555 g/mol. The maximum Gasteiger partial charge on any atom is 0.253 e. The molecule has 1 aromatic carbocycles. The van der Waals surface area contributed by atoms with Crippen molar-refractivity contribution < 1.29 is 14.0 Å². The van der Waals surface area contributed by atoms with Gasteiger partial charge in [-0.1, -0.05) is 51.4 Å². The van der Waals surface area contributed by atoms with E-state index < -0.39 is 0 Å². The first-order valence-electron chi connectivity index (χ1n) is 16.3. The largest absolute Gasteiger partial charge is 0.355 e. The molecule has 0 spiro atoms.